The molecule has 41 heavy (non-hydrogen) atoms. The Kier molecular flexibility index (Phi) is 8.31. The molecular formula is C28H35FN6O5S. The zero-order valence-electron chi connectivity index (χ0n) is 23.0. The lowest BCUT2D eigenvalue weighted by Gasteiger charge is -2.43. The zero-order chi connectivity index (χ0) is 28.5. The Labute approximate surface area is 240 Å². The molecule has 0 radical (unpaired) electrons. The number of fused-ring (bicyclic) bond motifs is 1. The molecule has 2 saturated heterocycles. The number of amides is 1. The number of hydrogen-bond donors (Lipinski definition) is 2. The van der Waals surface area contributed by atoms with E-state index in [1.165, 1.54) is 12.1 Å². The van der Waals surface area contributed by atoms with Gasteiger partial charge in [-0.15, -0.1) is 0 Å². The minimum atomic E-state index is -2.53. The van der Waals surface area contributed by atoms with Crippen LogP contribution in [-0.4, -0.2) is 93.0 Å². The van der Waals surface area contributed by atoms with E-state index in [0.717, 1.165) is 75.1 Å². The van der Waals surface area contributed by atoms with Crippen molar-refractivity contribution >= 4 is 33.9 Å². The highest BCUT2D eigenvalue weighted by Crippen LogP contribution is 2.43. The standard InChI is InChI=1S/C28H35FN6O5S/c1-39-17-22-16-34(13-14-40-22)20-9-11-33(12-10-20)24-15-23(28(36)32-41(37)38)30-27-25(24)26(18-3-2-4-18)31-35(27)21-7-5-19(29)6-8-21/h5-8,15,18,20,22H,2-4,9-14,16-17H2,1H3,(H,32,36)(H,37,38). The number of carbonyl (C=O) groups is 1. The van der Waals surface area contributed by atoms with Crippen molar-refractivity contribution in [3.8, 4) is 5.69 Å². The van der Waals surface area contributed by atoms with Crippen LogP contribution in [0.25, 0.3) is 16.7 Å². The Balaban J connectivity index is 1.37. The summed E-state index contributed by atoms with van der Waals surface area (Å²) in [4.78, 5) is 22.3. The molecule has 1 saturated carbocycles. The summed E-state index contributed by atoms with van der Waals surface area (Å²) in [5.74, 6) is -0.841. The number of carbonyl (C=O) groups excluding carboxylic acids is 1. The molecule has 2 aromatic heterocycles. The minimum absolute atomic E-state index is 0.0241. The average Bonchev–Trinajstić information content (AvgIpc) is 3.31. The van der Waals surface area contributed by atoms with Crippen LogP contribution in [0.1, 0.15) is 54.2 Å². The third kappa shape index (κ3) is 5.86. The second-order valence-electron chi connectivity index (χ2n) is 11.0. The summed E-state index contributed by atoms with van der Waals surface area (Å²) < 4.78 is 49.4. The number of morpholine rings is 1. The summed E-state index contributed by atoms with van der Waals surface area (Å²) in [7, 11) is 1.69. The number of ether oxygens (including phenoxy) is 2. The number of rotatable bonds is 8. The van der Waals surface area contributed by atoms with Gasteiger partial charge < -0.3 is 14.4 Å². The fourth-order valence-electron chi connectivity index (χ4n) is 6.18. The highest BCUT2D eigenvalue weighted by Gasteiger charge is 2.33. The lowest BCUT2D eigenvalue weighted by atomic mass is 9.82. The second-order valence-corrected chi connectivity index (χ2v) is 11.7. The number of nitrogens with zero attached hydrogens (tertiary/aromatic N) is 5. The number of methoxy groups -OCH3 is 1. The van der Waals surface area contributed by atoms with Gasteiger partial charge in [0.25, 0.3) is 17.2 Å². The van der Waals surface area contributed by atoms with Crippen molar-refractivity contribution in [2.75, 3.05) is 51.4 Å². The molecule has 2 N–H and O–H groups in total. The van der Waals surface area contributed by atoms with Gasteiger partial charge in [-0.25, -0.2) is 23.0 Å². The van der Waals surface area contributed by atoms with Gasteiger partial charge in [0.1, 0.15) is 11.5 Å². The first kappa shape index (κ1) is 28.2. The van der Waals surface area contributed by atoms with Gasteiger partial charge in [-0.05, 0) is 56.0 Å². The van der Waals surface area contributed by atoms with Crippen molar-refractivity contribution < 1.29 is 27.4 Å². The fourth-order valence-corrected chi connectivity index (χ4v) is 6.45. The predicted molar refractivity (Wildman–Crippen MR) is 152 cm³/mol. The number of aromatic nitrogens is 3. The van der Waals surface area contributed by atoms with Crippen LogP contribution in [0.2, 0.25) is 0 Å². The SMILES string of the molecule is COCC1CN(C2CCN(c3cc(C(=O)NS(=O)O)nc4c3c(C3CCC3)nn4-c3ccc(F)cc3)CC2)CCO1. The highest BCUT2D eigenvalue weighted by molar-refractivity contribution is 7.77. The predicted octanol–water partition coefficient (Wildman–Crippen LogP) is 3.01. The first-order chi connectivity index (χ1) is 19.9. The lowest BCUT2D eigenvalue weighted by molar-refractivity contribution is -0.0740. The maximum Gasteiger partial charge on any atom is 0.283 e. The fraction of sp³-hybridized carbons (Fsp3) is 0.536. The van der Waals surface area contributed by atoms with E-state index in [0.29, 0.717) is 30.6 Å². The van der Waals surface area contributed by atoms with Crippen LogP contribution in [0.5, 0.6) is 0 Å². The van der Waals surface area contributed by atoms with Crippen LogP contribution in [0.15, 0.2) is 30.3 Å². The Bertz CT molecular complexity index is 1420. The maximum atomic E-state index is 13.8. The smallest absolute Gasteiger partial charge is 0.283 e. The van der Waals surface area contributed by atoms with E-state index in [-0.39, 0.29) is 23.5 Å². The molecule has 0 spiro atoms. The molecule has 220 valence electrons. The molecule has 1 aromatic carbocycles. The third-order valence-corrected chi connectivity index (χ3v) is 8.82. The molecular weight excluding hydrogens is 551 g/mol. The second kappa shape index (κ2) is 12.1. The van der Waals surface area contributed by atoms with Gasteiger partial charge in [-0.2, -0.15) is 5.10 Å². The molecule has 2 unspecified atom stereocenters. The van der Waals surface area contributed by atoms with Gasteiger partial charge in [-0.1, -0.05) is 6.42 Å². The van der Waals surface area contributed by atoms with E-state index in [4.69, 9.17) is 14.6 Å². The number of benzene rings is 1. The maximum absolute atomic E-state index is 13.8. The van der Waals surface area contributed by atoms with Crippen molar-refractivity contribution in [3.05, 3.63) is 47.5 Å². The number of hydrogen-bond acceptors (Lipinski definition) is 8. The van der Waals surface area contributed by atoms with Crippen LogP contribution >= 0.6 is 0 Å². The van der Waals surface area contributed by atoms with E-state index >= 15 is 0 Å². The van der Waals surface area contributed by atoms with E-state index in [9.17, 15) is 17.9 Å². The zero-order valence-corrected chi connectivity index (χ0v) is 23.8. The Morgan fingerprint density at radius 2 is 1.95 bits per heavy atom. The molecule has 1 amide bonds. The molecule has 2 aliphatic heterocycles. The topological polar surface area (TPSA) is 122 Å². The van der Waals surface area contributed by atoms with Crippen molar-refractivity contribution in [2.45, 2.75) is 50.2 Å². The van der Waals surface area contributed by atoms with Crippen LogP contribution in [0, 0.1) is 5.82 Å². The molecule has 3 fully saturated rings. The van der Waals surface area contributed by atoms with Gasteiger partial charge >= 0.3 is 0 Å². The molecule has 3 aromatic rings. The summed E-state index contributed by atoms with van der Waals surface area (Å²) in [6.07, 6.45) is 5.11. The normalized spacial score (nSPS) is 21.6. The van der Waals surface area contributed by atoms with Crippen LogP contribution in [-0.2, 0) is 20.7 Å². The Morgan fingerprint density at radius 3 is 2.61 bits per heavy atom. The van der Waals surface area contributed by atoms with Crippen molar-refractivity contribution in [2.24, 2.45) is 0 Å². The summed E-state index contributed by atoms with van der Waals surface area (Å²) in [5.41, 5.74) is 2.89. The van der Waals surface area contributed by atoms with Crippen molar-refractivity contribution in [1.29, 1.82) is 0 Å². The largest absolute Gasteiger partial charge is 0.382 e. The van der Waals surface area contributed by atoms with E-state index in [1.54, 1.807) is 30.0 Å². The molecule has 4 heterocycles. The number of nitrogens with one attached hydrogen (secondary N) is 1. The van der Waals surface area contributed by atoms with Crippen LogP contribution in [0.4, 0.5) is 10.1 Å². The summed E-state index contributed by atoms with van der Waals surface area (Å²) in [6, 6.07) is 8.13. The molecule has 3 aliphatic rings. The molecule has 13 heteroatoms. The molecule has 6 rings (SSSR count). The number of piperidine rings is 1. The van der Waals surface area contributed by atoms with Gasteiger partial charge in [0.2, 0.25) is 0 Å². The van der Waals surface area contributed by atoms with Gasteiger partial charge in [0.15, 0.2) is 5.65 Å². The highest BCUT2D eigenvalue weighted by atomic mass is 32.2. The number of pyridine rings is 1. The minimum Gasteiger partial charge on any atom is -0.382 e. The first-order valence-corrected chi connectivity index (χ1v) is 15.2. The monoisotopic (exact) mass is 586 g/mol. The van der Waals surface area contributed by atoms with E-state index in [2.05, 4.69) is 14.8 Å². The molecule has 11 nitrogen and oxygen atoms in total. The lowest BCUT2D eigenvalue weighted by Crippen LogP contribution is -2.52. The van der Waals surface area contributed by atoms with E-state index in [1.807, 2.05) is 4.72 Å². The number of anilines is 1. The van der Waals surface area contributed by atoms with Crippen molar-refractivity contribution in [1.82, 2.24) is 24.4 Å². The first-order valence-electron chi connectivity index (χ1n) is 14.1. The van der Waals surface area contributed by atoms with Gasteiger partial charge in [0.05, 0.1) is 41.8 Å². The molecule has 1 aliphatic carbocycles. The van der Waals surface area contributed by atoms with Crippen LogP contribution in [0.3, 0.4) is 0 Å². The van der Waals surface area contributed by atoms with Gasteiger partial charge in [0, 0.05) is 45.2 Å². The summed E-state index contributed by atoms with van der Waals surface area (Å²) in [5, 5.41) is 5.85. The number of halogens is 1. The molecule has 2 atom stereocenters. The summed E-state index contributed by atoms with van der Waals surface area (Å²) in [6.45, 7) is 4.55. The quantitative estimate of drug-likeness (QED) is 0.384. The Morgan fingerprint density at radius 1 is 1.20 bits per heavy atom. The van der Waals surface area contributed by atoms with Gasteiger partial charge in [-0.3, -0.25) is 14.2 Å². The third-order valence-electron chi connectivity index (χ3n) is 8.46. The Hall–Kier alpha value is -2.97. The van der Waals surface area contributed by atoms with E-state index < -0.39 is 17.2 Å². The van der Waals surface area contributed by atoms with Crippen LogP contribution < -0.4 is 9.62 Å². The summed E-state index contributed by atoms with van der Waals surface area (Å²) >= 11 is -2.53. The average molecular weight is 587 g/mol. The van der Waals surface area contributed by atoms with Crippen molar-refractivity contribution in [3.63, 3.8) is 0 Å². The molecule has 0 bridgehead atoms.